The summed E-state index contributed by atoms with van der Waals surface area (Å²) in [6.45, 7) is 0. The van der Waals surface area contributed by atoms with E-state index in [4.69, 9.17) is 5.26 Å². The number of hydrogen-bond donors (Lipinski definition) is 1. The third kappa shape index (κ3) is 3.57. The van der Waals surface area contributed by atoms with Crippen LogP contribution < -0.4 is 0 Å². The molecule has 0 aliphatic heterocycles. The smallest absolute Gasteiger partial charge is 0.307 e. The monoisotopic (exact) mass is 257 g/mol. The highest BCUT2D eigenvalue weighted by Crippen LogP contribution is 2.32. The van der Waals surface area contributed by atoms with Crippen LogP contribution in [0, 0.1) is 23.2 Å². The first-order valence-corrected chi connectivity index (χ1v) is 6.92. The van der Waals surface area contributed by atoms with E-state index in [1.165, 1.54) is 6.42 Å². The molecule has 1 aromatic rings. The van der Waals surface area contributed by atoms with E-state index in [0.29, 0.717) is 17.9 Å². The molecular weight excluding hydrogens is 238 g/mol. The highest BCUT2D eigenvalue weighted by Gasteiger charge is 2.29. The van der Waals surface area contributed by atoms with E-state index in [9.17, 15) is 9.90 Å². The first-order valence-electron chi connectivity index (χ1n) is 6.92. The molecule has 0 bridgehead atoms. The van der Waals surface area contributed by atoms with Gasteiger partial charge in [-0.2, -0.15) is 5.26 Å². The van der Waals surface area contributed by atoms with Gasteiger partial charge in [-0.25, -0.2) is 0 Å². The van der Waals surface area contributed by atoms with Gasteiger partial charge in [-0.1, -0.05) is 31.4 Å². The Labute approximate surface area is 113 Å². The average molecular weight is 257 g/mol. The number of hydrogen-bond acceptors (Lipinski definition) is 2. The molecule has 0 spiro atoms. The Morgan fingerprint density at radius 1 is 1.26 bits per heavy atom. The van der Waals surface area contributed by atoms with Crippen molar-refractivity contribution >= 4 is 5.97 Å². The summed E-state index contributed by atoms with van der Waals surface area (Å²) in [7, 11) is 0. The summed E-state index contributed by atoms with van der Waals surface area (Å²) in [6.07, 6.45) is 6.19. The van der Waals surface area contributed by atoms with Gasteiger partial charge in [0, 0.05) is 0 Å². The van der Waals surface area contributed by atoms with Crippen LogP contribution in [-0.4, -0.2) is 11.1 Å². The molecule has 0 saturated heterocycles. The summed E-state index contributed by atoms with van der Waals surface area (Å²) in [5.41, 5.74) is 1.63. The fraction of sp³-hybridized carbons (Fsp3) is 0.500. The molecule has 0 aromatic heterocycles. The third-order valence-electron chi connectivity index (χ3n) is 4.07. The van der Waals surface area contributed by atoms with Crippen molar-refractivity contribution < 1.29 is 9.90 Å². The third-order valence-corrected chi connectivity index (χ3v) is 4.07. The lowest BCUT2D eigenvalue weighted by atomic mass is 9.77. The van der Waals surface area contributed by atoms with E-state index in [2.05, 4.69) is 6.07 Å². The van der Waals surface area contributed by atoms with Crippen molar-refractivity contribution in [2.75, 3.05) is 0 Å². The Bertz CT molecular complexity index is 467. The Morgan fingerprint density at radius 2 is 1.89 bits per heavy atom. The molecule has 1 aliphatic carbocycles. The van der Waals surface area contributed by atoms with Crippen LogP contribution in [0.4, 0.5) is 0 Å². The zero-order chi connectivity index (χ0) is 13.7. The Kier molecular flexibility index (Phi) is 4.57. The van der Waals surface area contributed by atoms with E-state index in [1.54, 1.807) is 12.1 Å². The van der Waals surface area contributed by atoms with Crippen LogP contribution in [0.5, 0.6) is 0 Å². The lowest BCUT2D eigenvalue weighted by Gasteiger charge is -2.27. The van der Waals surface area contributed by atoms with Gasteiger partial charge < -0.3 is 5.11 Å². The number of rotatable bonds is 4. The van der Waals surface area contributed by atoms with Gasteiger partial charge in [0.1, 0.15) is 0 Å². The quantitative estimate of drug-likeness (QED) is 0.899. The molecule has 19 heavy (non-hydrogen) atoms. The number of nitriles is 1. The van der Waals surface area contributed by atoms with Crippen LogP contribution in [0.15, 0.2) is 24.3 Å². The standard InChI is InChI=1S/C16H19NO2/c17-11-13-8-6-12(7-9-13)10-15(16(18)19)14-4-2-1-3-5-14/h6-9,14-15H,1-5,10H2,(H,18,19). The SMILES string of the molecule is N#Cc1ccc(CC(C(=O)O)C2CCCCC2)cc1. The Hall–Kier alpha value is -1.82. The lowest BCUT2D eigenvalue weighted by molar-refractivity contribution is -0.144. The van der Waals surface area contributed by atoms with E-state index in [1.807, 2.05) is 12.1 Å². The van der Waals surface area contributed by atoms with Crippen LogP contribution in [-0.2, 0) is 11.2 Å². The maximum absolute atomic E-state index is 11.5. The number of carbonyl (C=O) groups is 1. The lowest BCUT2D eigenvalue weighted by Crippen LogP contribution is -2.27. The molecule has 1 fully saturated rings. The van der Waals surface area contributed by atoms with Crippen LogP contribution in [0.2, 0.25) is 0 Å². The van der Waals surface area contributed by atoms with E-state index in [0.717, 1.165) is 31.2 Å². The van der Waals surface area contributed by atoms with Crippen molar-refractivity contribution in [1.82, 2.24) is 0 Å². The van der Waals surface area contributed by atoms with Crippen LogP contribution >= 0.6 is 0 Å². The van der Waals surface area contributed by atoms with E-state index in [-0.39, 0.29) is 5.92 Å². The van der Waals surface area contributed by atoms with Gasteiger partial charge in [-0.3, -0.25) is 4.79 Å². The van der Waals surface area contributed by atoms with Crippen molar-refractivity contribution in [3.8, 4) is 6.07 Å². The van der Waals surface area contributed by atoms with Crippen molar-refractivity contribution in [2.45, 2.75) is 38.5 Å². The van der Waals surface area contributed by atoms with Gasteiger partial charge in [0.25, 0.3) is 0 Å². The van der Waals surface area contributed by atoms with Gasteiger partial charge in [-0.15, -0.1) is 0 Å². The maximum atomic E-state index is 11.5. The van der Waals surface area contributed by atoms with Gasteiger partial charge >= 0.3 is 5.97 Å². The van der Waals surface area contributed by atoms with Crippen molar-refractivity contribution in [3.05, 3.63) is 35.4 Å². The number of benzene rings is 1. The minimum Gasteiger partial charge on any atom is -0.481 e. The van der Waals surface area contributed by atoms with Crippen LogP contribution in [0.3, 0.4) is 0 Å². The minimum atomic E-state index is -0.684. The zero-order valence-electron chi connectivity index (χ0n) is 11.0. The molecule has 1 unspecified atom stereocenters. The number of nitrogens with zero attached hydrogens (tertiary/aromatic N) is 1. The fourth-order valence-electron chi connectivity index (χ4n) is 2.96. The normalized spacial score (nSPS) is 17.6. The largest absolute Gasteiger partial charge is 0.481 e. The fourth-order valence-corrected chi connectivity index (χ4v) is 2.96. The van der Waals surface area contributed by atoms with E-state index < -0.39 is 5.97 Å². The highest BCUT2D eigenvalue weighted by atomic mass is 16.4. The summed E-state index contributed by atoms with van der Waals surface area (Å²) in [5.74, 6) is -0.661. The molecule has 1 N–H and O–H groups in total. The van der Waals surface area contributed by atoms with Crippen molar-refractivity contribution in [3.63, 3.8) is 0 Å². The summed E-state index contributed by atoms with van der Waals surface area (Å²) < 4.78 is 0. The molecule has 1 aliphatic rings. The van der Waals surface area contributed by atoms with Gasteiger partial charge in [0.15, 0.2) is 0 Å². The molecule has 0 amide bonds. The van der Waals surface area contributed by atoms with E-state index >= 15 is 0 Å². The summed E-state index contributed by atoms with van der Waals surface area (Å²) in [5, 5.41) is 18.2. The van der Waals surface area contributed by atoms with Gasteiger partial charge in [-0.05, 0) is 42.9 Å². The van der Waals surface area contributed by atoms with Gasteiger partial charge in [0.2, 0.25) is 0 Å². The summed E-state index contributed by atoms with van der Waals surface area (Å²) >= 11 is 0. The van der Waals surface area contributed by atoms with Crippen LogP contribution in [0.1, 0.15) is 43.2 Å². The highest BCUT2D eigenvalue weighted by molar-refractivity contribution is 5.70. The maximum Gasteiger partial charge on any atom is 0.307 e. The first kappa shape index (κ1) is 13.6. The summed E-state index contributed by atoms with van der Waals surface area (Å²) in [6, 6.07) is 9.34. The average Bonchev–Trinajstić information content (AvgIpc) is 2.46. The second-order valence-corrected chi connectivity index (χ2v) is 5.36. The Balaban J connectivity index is 2.07. The Morgan fingerprint density at radius 3 is 2.42 bits per heavy atom. The van der Waals surface area contributed by atoms with Gasteiger partial charge in [0.05, 0.1) is 17.6 Å². The topological polar surface area (TPSA) is 61.1 Å². The minimum absolute atomic E-state index is 0.284. The zero-order valence-corrected chi connectivity index (χ0v) is 11.0. The molecule has 1 atom stereocenters. The predicted octanol–water partition coefficient (Wildman–Crippen LogP) is 3.38. The predicted molar refractivity (Wildman–Crippen MR) is 72.6 cm³/mol. The molecule has 1 aromatic carbocycles. The molecular formula is C16H19NO2. The molecule has 0 radical (unpaired) electrons. The molecule has 100 valence electrons. The second kappa shape index (κ2) is 6.38. The second-order valence-electron chi connectivity index (χ2n) is 5.36. The number of carboxylic acid groups (broad SMARTS) is 1. The molecule has 3 nitrogen and oxygen atoms in total. The molecule has 1 saturated carbocycles. The molecule has 3 heteroatoms. The van der Waals surface area contributed by atoms with Crippen molar-refractivity contribution in [2.24, 2.45) is 11.8 Å². The number of carboxylic acids is 1. The van der Waals surface area contributed by atoms with Crippen LogP contribution in [0.25, 0.3) is 0 Å². The summed E-state index contributed by atoms with van der Waals surface area (Å²) in [4.78, 5) is 11.5. The number of aliphatic carboxylic acids is 1. The molecule has 0 heterocycles. The molecule has 2 rings (SSSR count). The van der Waals surface area contributed by atoms with Crippen molar-refractivity contribution in [1.29, 1.82) is 5.26 Å². The first-order chi connectivity index (χ1) is 9.20.